The lowest BCUT2D eigenvalue weighted by Gasteiger charge is -2.09. The molecule has 0 aliphatic heterocycles. The first-order valence-corrected chi connectivity index (χ1v) is 8.56. The molecule has 0 unspecified atom stereocenters. The number of methoxy groups -OCH3 is 1. The summed E-state index contributed by atoms with van der Waals surface area (Å²) < 4.78 is 5.65. The highest BCUT2D eigenvalue weighted by atomic mass is 32.2. The molecule has 22 heavy (non-hydrogen) atoms. The Balaban J connectivity index is 2.12. The van der Waals surface area contributed by atoms with Gasteiger partial charge in [0.15, 0.2) is 0 Å². The highest BCUT2D eigenvalue weighted by Crippen LogP contribution is 2.26. The molecule has 0 bridgehead atoms. The van der Waals surface area contributed by atoms with Crippen LogP contribution in [0.5, 0.6) is 0 Å². The van der Waals surface area contributed by atoms with Gasteiger partial charge >= 0.3 is 5.97 Å². The van der Waals surface area contributed by atoms with Crippen molar-refractivity contribution in [3.63, 3.8) is 0 Å². The van der Waals surface area contributed by atoms with Crippen LogP contribution in [0.2, 0.25) is 0 Å². The van der Waals surface area contributed by atoms with Crippen molar-refractivity contribution in [2.45, 2.75) is 17.7 Å². The zero-order valence-corrected chi connectivity index (χ0v) is 14.1. The van der Waals surface area contributed by atoms with Crippen LogP contribution in [0.4, 0.5) is 5.69 Å². The third kappa shape index (κ3) is 3.86. The first-order valence-electron chi connectivity index (χ1n) is 6.52. The Hall–Kier alpha value is -1.86. The molecule has 1 N–H and O–H groups in total. The number of carbonyl (C=O) groups excluding carboxylic acids is 2. The fourth-order valence-electron chi connectivity index (χ4n) is 1.87. The maximum absolute atomic E-state index is 12.2. The van der Waals surface area contributed by atoms with Crippen LogP contribution in [-0.2, 0) is 16.0 Å². The van der Waals surface area contributed by atoms with Crippen LogP contribution in [0.25, 0.3) is 0 Å². The maximum atomic E-state index is 12.2. The van der Waals surface area contributed by atoms with E-state index >= 15 is 0 Å². The summed E-state index contributed by atoms with van der Waals surface area (Å²) in [5.74, 6) is -0.662. The number of esters is 1. The Morgan fingerprint density at radius 2 is 2.09 bits per heavy atom. The number of ether oxygens (including phenoxy) is 1. The molecule has 0 saturated carbocycles. The van der Waals surface area contributed by atoms with Gasteiger partial charge in [-0.25, -0.2) is 9.78 Å². The zero-order valence-electron chi connectivity index (χ0n) is 12.5. The number of para-hydroxylation sites is 1. The second-order valence-corrected chi connectivity index (χ2v) is 6.59. The van der Waals surface area contributed by atoms with Gasteiger partial charge in [0.25, 0.3) is 0 Å². The number of nitrogens with one attached hydrogen (secondary N) is 1. The number of aromatic nitrogens is 1. The minimum atomic E-state index is -0.477. The summed E-state index contributed by atoms with van der Waals surface area (Å²) in [6.07, 6.45) is 2.19. The average Bonchev–Trinajstić information content (AvgIpc) is 2.87. The van der Waals surface area contributed by atoms with E-state index in [-0.39, 0.29) is 12.3 Å². The number of rotatable bonds is 5. The number of nitrogens with zero attached hydrogens (tertiary/aromatic N) is 1. The Labute approximate surface area is 137 Å². The van der Waals surface area contributed by atoms with Gasteiger partial charge in [0.1, 0.15) is 4.34 Å². The average molecular weight is 336 g/mol. The molecule has 1 aromatic heterocycles. The molecule has 1 amide bonds. The number of carbonyl (C=O) groups is 2. The zero-order chi connectivity index (χ0) is 16.1. The quantitative estimate of drug-likeness (QED) is 0.671. The third-order valence-electron chi connectivity index (χ3n) is 2.98. The molecule has 7 heteroatoms. The number of anilines is 1. The number of amides is 1. The van der Waals surface area contributed by atoms with Gasteiger partial charge in [-0.05, 0) is 25.3 Å². The minimum absolute atomic E-state index is 0.184. The van der Waals surface area contributed by atoms with Gasteiger partial charge in [0.2, 0.25) is 5.91 Å². The first kappa shape index (κ1) is 16.5. The summed E-state index contributed by atoms with van der Waals surface area (Å²) in [6, 6.07) is 6.77. The molecule has 116 valence electrons. The van der Waals surface area contributed by atoms with Crippen molar-refractivity contribution in [3.8, 4) is 0 Å². The number of hydrogen-bond acceptors (Lipinski definition) is 6. The molecule has 0 radical (unpaired) electrons. The molecule has 0 aliphatic carbocycles. The van der Waals surface area contributed by atoms with Gasteiger partial charge in [-0.1, -0.05) is 23.9 Å². The molecule has 0 saturated heterocycles. The highest BCUT2D eigenvalue weighted by Gasteiger charge is 2.15. The summed E-state index contributed by atoms with van der Waals surface area (Å²) in [6.45, 7) is 1.89. The highest BCUT2D eigenvalue weighted by molar-refractivity contribution is 8.00. The summed E-state index contributed by atoms with van der Waals surface area (Å²) in [7, 11) is 1.31. The van der Waals surface area contributed by atoms with E-state index in [0.29, 0.717) is 11.3 Å². The molecular formula is C15H16N2O3S2. The largest absolute Gasteiger partial charge is 0.465 e. The fraction of sp³-hybridized carbons (Fsp3) is 0.267. The van der Waals surface area contributed by atoms with Crippen LogP contribution in [0, 0.1) is 6.92 Å². The lowest BCUT2D eigenvalue weighted by Crippen LogP contribution is -2.17. The summed E-state index contributed by atoms with van der Waals surface area (Å²) in [5, 5.41) is 2.76. The summed E-state index contributed by atoms with van der Waals surface area (Å²) in [5.41, 5.74) is 1.65. The molecule has 0 atom stereocenters. The molecular weight excluding hydrogens is 320 g/mol. The molecule has 1 aromatic carbocycles. The Bertz CT molecular complexity index is 698. The van der Waals surface area contributed by atoms with Gasteiger partial charge in [0.05, 0.1) is 30.5 Å². The summed E-state index contributed by atoms with van der Waals surface area (Å²) >= 11 is 3.07. The Morgan fingerprint density at radius 3 is 2.73 bits per heavy atom. The van der Waals surface area contributed by atoms with Crippen molar-refractivity contribution in [2.24, 2.45) is 0 Å². The molecule has 0 spiro atoms. The predicted octanol–water partition coefficient (Wildman–Crippen LogP) is 3.14. The lowest BCUT2D eigenvalue weighted by molar-refractivity contribution is -0.115. The molecule has 1 heterocycles. The topological polar surface area (TPSA) is 68.3 Å². The van der Waals surface area contributed by atoms with Crippen molar-refractivity contribution in [1.82, 2.24) is 4.98 Å². The van der Waals surface area contributed by atoms with Crippen LogP contribution < -0.4 is 5.32 Å². The molecule has 5 nitrogen and oxygen atoms in total. The Morgan fingerprint density at radius 1 is 1.36 bits per heavy atom. The van der Waals surface area contributed by atoms with E-state index in [0.717, 1.165) is 14.9 Å². The Kier molecular flexibility index (Phi) is 5.57. The number of thioether (sulfide) groups is 1. The SMILES string of the molecule is COC(=O)c1ccccc1NC(=O)Cc1sc(SC)nc1C. The monoisotopic (exact) mass is 336 g/mol. The van der Waals surface area contributed by atoms with Gasteiger partial charge in [0, 0.05) is 4.88 Å². The number of aryl methyl sites for hydroxylation is 1. The van der Waals surface area contributed by atoms with E-state index in [1.807, 2.05) is 13.2 Å². The van der Waals surface area contributed by atoms with E-state index in [2.05, 4.69) is 10.3 Å². The second-order valence-electron chi connectivity index (χ2n) is 4.45. The van der Waals surface area contributed by atoms with Crippen molar-refractivity contribution >= 4 is 40.7 Å². The van der Waals surface area contributed by atoms with E-state index in [1.54, 1.807) is 36.0 Å². The van der Waals surface area contributed by atoms with Gasteiger partial charge in [-0.3, -0.25) is 4.79 Å². The van der Waals surface area contributed by atoms with Crippen molar-refractivity contribution in [1.29, 1.82) is 0 Å². The number of hydrogen-bond donors (Lipinski definition) is 1. The standard InChI is InChI=1S/C15H16N2O3S2/c1-9-12(22-15(16-9)21-3)8-13(18)17-11-7-5-4-6-10(11)14(19)20-2/h4-7H,8H2,1-3H3,(H,17,18). The van der Waals surface area contributed by atoms with Crippen molar-refractivity contribution in [3.05, 3.63) is 40.4 Å². The van der Waals surface area contributed by atoms with Crippen LogP contribution in [-0.4, -0.2) is 30.2 Å². The number of benzene rings is 1. The van der Waals surface area contributed by atoms with Gasteiger partial charge < -0.3 is 10.1 Å². The smallest absolute Gasteiger partial charge is 0.339 e. The minimum Gasteiger partial charge on any atom is -0.465 e. The third-order valence-corrected chi connectivity index (χ3v) is 5.12. The van der Waals surface area contributed by atoms with Crippen LogP contribution in [0.3, 0.4) is 0 Å². The van der Waals surface area contributed by atoms with E-state index in [4.69, 9.17) is 4.74 Å². The molecule has 0 fully saturated rings. The first-order chi connectivity index (χ1) is 10.5. The normalized spacial score (nSPS) is 10.3. The maximum Gasteiger partial charge on any atom is 0.339 e. The van der Waals surface area contributed by atoms with Gasteiger partial charge in [-0.15, -0.1) is 11.3 Å². The van der Waals surface area contributed by atoms with Crippen LogP contribution in [0.1, 0.15) is 20.9 Å². The molecule has 2 aromatic rings. The summed E-state index contributed by atoms with van der Waals surface area (Å²) in [4.78, 5) is 29.2. The van der Waals surface area contributed by atoms with E-state index in [9.17, 15) is 9.59 Å². The van der Waals surface area contributed by atoms with Crippen molar-refractivity contribution in [2.75, 3.05) is 18.7 Å². The molecule has 2 rings (SSSR count). The van der Waals surface area contributed by atoms with E-state index in [1.165, 1.54) is 18.4 Å². The number of thiazole rings is 1. The second kappa shape index (κ2) is 7.42. The lowest BCUT2D eigenvalue weighted by atomic mass is 10.1. The van der Waals surface area contributed by atoms with E-state index < -0.39 is 5.97 Å². The van der Waals surface area contributed by atoms with Gasteiger partial charge in [-0.2, -0.15) is 0 Å². The molecule has 0 aliphatic rings. The fourth-order valence-corrected chi connectivity index (χ4v) is 3.53. The predicted molar refractivity (Wildman–Crippen MR) is 88.7 cm³/mol. The van der Waals surface area contributed by atoms with Crippen LogP contribution >= 0.6 is 23.1 Å². The van der Waals surface area contributed by atoms with Crippen LogP contribution in [0.15, 0.2) is 28.6 Å². The van der Waals surface area contributed by atoms with Crippen molar-refractivity contribution < 1.29 is 14.3 Å².